The Hall–Kier alpha value is -1.54. The Bertz CT molecular complexity index is 382. The summed E-state index contributed by atoms with van der Waals surface area (Å²) in [5, 5.41) is 8.92. The Morgan fingerprint density at radius 3 is 2.50 bits per heavy atom. The second kappa shape index (κ2) is 4.54. The molecule has 5 N–H and O–H groups in total. The van der Waals surface area contributed by atoms with E-state index in [-0.39, 0.29) is 23.5 Å². The molecule has 5 nitrogen and oxygen atoms in total. The van der Waals surface area contributed by atoms with Gasteiger partial charge in [-0.3, -0.25) is 0 Å². The number of ether oxygens (including phenoxy) is 1. The minimum Gasteiger partial charge on any atom is -0.392 e. The number of aromatic nitrogens is 1. The number of hydrogen-bond acceptors (Lipinski definition) is 5. The summed E-state index contributed by atoms with van der Waals surface area (Å²) >= 11 is 0. The van der Waals surface area contributed by atoms with E-state index in [0.717, 1.165) is 0 Å². The standard InChI is InChI=1S/C8H10F3N3O2/c9-8(10,11)16-7-5(2-12)4(3-15)1-6(13)14-7/h1,15H,2-3,12H2,(H2,13,14). The highest BCUT2D eigenvalue weighted by Gasteiger charge is 2.33. The van der Waals surface area contributed by atoms with Gasteiger partial charge in [0.1, 0.15) is 5.82 Å². The third-order valence-electron chi connectivity index (χ3n) is 1.79. The summed E-state index contributed by atoms with van der Waals surface area (Å²) < 4.78 is 39.7. The second-order valence-corrected chi connectivity index (χ2v) is 2.90. The molecule has 0 aliphatic rings. The average Bonchev–Trinajstić information content (AvgIpc) is 2.14. The first-order chi connectivity index (χ1) is 7.37. The fraction of sp³-hybridized carbons (Fsp3) is 0.375. The minimum atomic E-state index is -4.88. The molecule has 0 radical (unpaired) electrons. The van der Waals surface area contributed by atoms with Crippen LogP contribution in [0.2, 0.25) is 0 Å². The number of hydrogen-bond donors (Lipinski definition) is 3. The van der Waals surface area contributed by atoms with Crippen LogP contribution in [0, 0.1) is 0 Å². The molecule has 0 saturated heterocycles. The second-order valence-electron chi connectivity index (χ2n) is 2.90. The molecule has 0 amide bonds. The van der Waals surface area contributed by atoms with E-state index >= 15 is 0 Å². The summed E-state index contributed by atoms with van der Waals surface area (Å²) in [5.41, 5.74) is 10.7. The molecule has 1 heterocycles. The van der Waals surface area contributed by atoms with E-state index in [9.17, 15) is 13.2 Å². The van der Waals surface area contributed by atoms with Gasteiger partial charge in [0.2, 0.25) is 5.88 Å². The quantitative estimate of drug-likeness (QED) is 0.712. The van der Waals surface area contributed by atoms with Crippen LogP contribution in [0.5, 0.6) is 5.88 Å². The van der Waals surface area contributed by atoms with E-state index in [1.807, 2.05) is 0 Å². The van der Waals surface area contributed by atoms with Crippen molar-refractivity contribution in [2.75, 3.05) is 5.73 Å². The molecule has 90 valence electrons. The van der Waals surface area contributed by atoms with Gasteiger partial charge in [-0.1, -0.05) is 0 Å². The predicted octanol–water partition coefficient (Wildman–Crippen LogP) is 0.513. The van der Waals surface area contributed by atoms with Crippen LogP contribution >= 0.6 is 0 Å². The van der Waals surface area contributed by atoms with Crippen molar-refractivity contribution in [3.05, 3.63) is 17.2 Å². The average molecular weight is 237 g/mol. The Kier molecular flexibility index (Phi) is 3.55. The van der Waals surface area contributed by atoms with Crippen molar-refractivity contribution in [3.8, 4) is 5.88 Å². The van der Waals surface area contributed by atoms with E-state index in [1.54, 1.807) is 0 Å². The van der Waals surface area contributed by atoms with Crippen molar-refractivity contribution in [1.29, 1.82) is 0 Å². The highest BCUT2D eigenvalue weighted by Crippen LogP contribution is 2.27. The van der Waals surface area contributed by atoms with Crippen molar-refractivity contribution in [3.63, 3.8) is 0 Å². The number of alkyl halides is 3. The van der Waals surface area contributed by atoms with Crippen LogP contribution in [0.15, 0.2) is 6.07 Å². The molecule has 1 aromatic heterocycles. The molecule has 1 rings (SSSR count). The Balaban J connectivity index is 3.20. The molecular formula is C8H10F3N3O2. The maximum atomic E-state index is 12.0. The van der Waals surface area contributed by atoms with Crippen molar-refractivity contribution >= 4 is 5.82 Å². The highest BCUT2D eigenvalue weighted by molar-refractivity contribution is 5.44. The number of aliphatic hydroxyl groups excluding tert-OH is 1. The third-order valence-corrected chi connectivity index (χ3v) is 1.79. The van der Waals surface area contributed by atoms with Crippen LogP contribution < -0.4 is 16.2 Å². The van der Waals surface area contributed by atoms with Gasteiger partial charge in [-0.15, -0.1) is 13.2 Å². The normalized spacial score (nSPS) is 11.6. The Morgan fingerprint density at radius 1 is 1.44 bits per heavy atom. The smallest absolute Gasteiger partial charge is 0.392 e. The van der Waals surface area contributed by atoms with Gasteiger partial charge in [0.15, 0.2) is 0 Å². The molecule has 0 fully saturated rings. The van der Waals surface area contributed by atoms with Crippen LogP contribution in [0.1, 0.15) is 11.1 Å². The molecule has 8 heteroatoms. The zero-order chi connectivity index (χ0) is 12.3. The molecule has 0 aliphatic carbocycles. The summed E-state index contributed by atoms with van der Waals surface area (Å²) in [5.74, 6) is -0.903. The van der Waals surface area contributed by atoms with Crippen molar-refractivity contribution in [1.82, 2.24) is 4.98 Å². The number of nitrogen functional groups attached to an aromatic ring is 1. The van der Waals surface area contributed by atoms with E-state index in [4.69, 9.17) is 16.6 Å². The lowest BCUT2D eigenvalue weighted by Gasteiger charge is -2.14. The van der Waals surface area contributed by atoms with Gasteiger partial charge in [-0.2, -0.15) is 4.98 Å². The molecule has 16 heavy (non-hydrogen) atoms. The molecule has 0 aromatic carbocycles. The maximum absolute atomic E-state index is 12.0. The highest BCUT2D eigenvalue weighted by atomic mass is 19.4. The van der Waals surface area contributed by atoms with Crippen LogP contribution in [0.3, 0.4) is 0 Å². The molecule has 0 aliphatic heterocycles. The summed E-state index contributed by atoms with van der Waals surface area (Å²) in [4.78, 5) is 3.38. The third kappa shape index (κ3) is 2.97. The predicted molar refractivity (Wildman–Crippen MR) is 49.1 cm³/mol. The largest absolute Gasteiger partial charge is 0.574 e. The number of anilines is 1. The first-order valence-electron chi connectivity index (χ1n) is 4.22. The molecule has 1 aromatic rings. The van der Waals surface area contributed by atoms with Gasteiger partial charge in [0, 0.05) is 12.1 Å². The SMILES string of the molecule is NCc1c(CO)cc(N)nc1OC(F)(F)F. The van der Waals surface area contributed by atoms with Crippen LogP contribution in [0.4, 0.5) is 19.0 Å². The Labute approximate surface area is 88.8 Å². The van der Waals surface area contributed by atoms with Crippen molar-refractivity contribution in [2.45, 2.75) is 19.5 Å². The monoisotopic (exact) mass is 237 g/mol. The molecule has 0 unspecified atom stereocenters. The van der Waals surface area contributed by atoms with Crippen LogP contribution in [-0.4, -0.2) is 16.5 Å². The number of aliphatic hydroxyl groups is 1. The molecule has 0 bridgehead atoms. The van der Waals surface area contributed by atoms with Gasteiger partial charge < -0.3 is 21.3 Å². The van der Waals surface area contributed by atoms with E-state index in [2.05, 4.69) is 9.72 Å². The van der Waals surface area contributed by atoms with Gasteiger partial charge in [-0.05, 0) is 11.6 Å². The topological polar surface area (TPSA) is 94.4 Å². The number of nitrogens with zero attached hydrogens (tertiary/aromatic N) is 1. The lowest BCUT2D eigenvalue weighted by atomic mass is 10.1. The molecular weight excluding hydrogens is 227 g/mol. The lowest BCUT2D eigenvalue weighted by molar-refractivity contribution is -0.276. The first kappa shape index (κ1) is 12.5. The Morgan fingerprint density at radius 2 is 2.06 bits per heavy atom. The van der Waals surface area contributed by atoms with Gasteiger partial charge in [-0.25, -0.2) is 0 Å². The number of pyridine rings is 1. The summed E-state index contributed by atoms with van der Waals surface area (Å²) in [6.07, 6.45) is -4.88. The number of nitrogens with two attached hydrogens (primary N) is 2. The van der Waals surface area contributed by atoms with Gasteiger partial charge >= 0.3 is 6.36 Å². The van der Waals surface area contributed by atoms with E-state index in [1.165, 1.54) is 6.07 Å². The van der Waals surface area contributed by atoms with E-state index in [0.29, 0.717) is 0 Å². The maximum Gasteiger partial charge on any atom is 0.574 e. The van der Waals surface area contributed by atoms with Gasteiger partial charge in [0.05, 0.1) is 6.61 Å². The fourth-order valence-electron chi connectivity index (χ4n) is 1.17. The van der Waals surface area contributed by atoms with Crippen molar-refractivity contribution < 1.29 is 23.0 Å². The van der Waals surface area contributed by atoms with Crippen LogP contribution in [0.25, 0.3) is 0 Å². The van der Waals surface area contributed by atoms with Crippen LogP contribution in [-0.2, 0) is 13.2 Å². The van der Waals surface area contributed by atoms with Gasteiger partial charge in [0.25, 0.3) is 0 Å². The van der Waals surface area contributed by atoms with E-state index < -0.39 is 18.8 Å². The summed E-state index contributed by atoms with van der Waals surface area (Å²) in [6, 6.07) is 1.24. The number of halogens is 3. The minimum absolute atomic E-state index is 0.0194. The fourth-order valence-corrected chi connectivity index (χ4v) is 1.17. The molecule has 0 atom stereocenters. The number of rotatable bonds is 3. The zero-order valence-corrected chi connectivity index (χ0v) is 8.08. The van der Waals surface area contributed by atoms with Crippen molar-refractivity contribution in [2.24, 2.45) is 5.73 Å². The molecule has 0 spiro atoms. The zero-order valence-electron chi connectivity index (χ0n) is 8.08. The lowest BCUT2D eigenvalue weighted by Crippen LogP contribution is -2.21. The first-order valence-corrected chi connectivity index (χ1v) is 4.22. The summed E-state index contributed by atoms with van der Waals surface area (Å²) in [7, 11) is 0. The summed E-state index contributed by atoms with van der Waals surface area (Å²) in [6.45, 7) is -0.734. The molecule has 0 saturated carbocycles.